The molecular formula is C25H18O6. The number of hydrogen-bond donors (Lipinski definition) is 1. The Morgan fingerprint density at radius 2 is 1.84 bits per heavy atom. The second-order valence-electron chi connectivity index (χ2n) is 7.37. The Kier molecular flexibility index (Phi) is 4.47. The first-order valence-corrected chi connectivity index (χ1v) is 9.79. The molecule has 2 aliphatic heterocycles. The topological polar surface area (TPSA) is 82.1 Å². The standard InChI is InChI=1S/C25H18O6/c1-29-20-12-15(7-9-18(20)26)17-13-22(27)30-19-10-8-16-24(28)21(31-25(16)23(17)19)11-14-5-3-2-4-6-14/h2-12,17,26H,13H2,1H3/b21-11-/t17-/m0/s1. The van der Waals surface area contributed by atoms with Crippen LogP contribution in [0.25, 0.3) is 6.08 Å². The van der Waals surface area contributed by atoms with Crippen molar-refractivity contribution in [3.05, 3.63) is 88.7 Å². The van der Waals surface area contributed by atoms with Crippen molar-refractivity contribution in [2.45, 2.75) is 12.3 Å². The largest absolute Gasteiger partial charge is 0.504 e. The molecule has 0 aliphatic carbocycles. The molecule has 0 amide bonds. The number of phenols is 1. The highest BCUT2D eigenvalue weighted by molar-refractivity contribution is 6.15. The van der Waals surface area contributed by atoms with Crippen molar-refractivity contribution in [3.63, 3.8) is 0 Å². The van der Waals surface area contributed by atoms with Gasteiger partial charge in [-0.2, -0.15) is 0 Å². The minimum absolute atomic E-state index is 0.00246. The molecule has 0 saturated carbocycles. The first-order chi connectivity index (χ1) is 15.0. The van der Waals surface area contributed by atoms with Crippen molar-refractivity contribution in [1.82, 2.24) is 0 Å². The molecule has 0 saturated heterocycles. The van der Waals surface area contributed by atoms with Crippen LogP contribution >= 0.6 is 0 Å². The van der Waals surface area contributed by atoms with Gasteiger partial charge in [0.25, 0.3) is 0 Å². The van der Waals surface area contributed by atoms with Crippen molar-refractivity contribution >= 4 is 17.8 Å². The minimum atomic E-state index is -0.412. The Hall–Kier alpha value is -4.06. The lowest BCUT2D eigenvalue weighted by Gasteiger charge is -2.26. The Morgan fingerprint density at radius 3 is 2.61 bits per heavy atom. The lowest BCUT2D eigenvalue weighted by molar-refractivity contribution is -0.135. The molecule has 2 aliphatic rings. The summed E-state index contributed by atoms with van der Waals surface area (Å²) in [7, 11) is 1.46. The number of allylic oxidation sites excluding steroid dienone is 1. The van der Waals surface area contributed by atoms with Crippen LogP contribution in [0.3, 0.4) is 0 Å². The van der Waals surface area contributed by atoms with E-state index in [1.165, 1.54) is 13.2 Å². The van der Waals surface area contributed by atoms with E-state index < -0.39 is 5.92 Å². The summed E-state index contributed by atoms with van der Waals surface area (Å²) < 4.78 is 16.7. The van der Waals surface area contributed by atoms with Crippen molar-refractivity contribution in [1.29, 1.82) is 0 Å². The van der Waals surface area contributed by atoms with Crippen molar-refractivity contribution < 1.29 is 28.9 Å². The van der Waals surface area contributed by atoms with E-state index in [0.717, 1.165) is 11.1 Å². The molecular weight excluding hydrogens is 396 g/mol. The SMILES string of the molecule is COc1cc([C@@H]2CC(=O)Oc3ccc4c(c32)O/C(=C\c2ccccc2)C4=O)ccc1O. The van der Waals surface area contributed by atoms with Gasteiger partial charge in [-0.15, -0.1) is 0 Å². The number of hydrogen-bond acceptors (Lipinski definition) is 6. The summed E-state index contributed by atoms with van der Waals surface area (Å²) >= 11 is 0. The predicted molar refractivity (Wildman–Crippen MR) is 113 cm³/mol. The van der Waals surface area contributed by atoms with Gasteiger partial charge in [0.2, 0.25) is 5.78 Å². The van der Waals surface area contributed by atoms with Crippen LogP contribution in [-0.4, -0.2) is 24.0 Å². The number of aromatic hydroxyl groups is 1. The fourth-order valence-corrected chi connectivity index (χ4v) is 4.00. The average molecular weight is 414 g/mol. The third-order valence-electron chi connectivity index (χ3n) is 5.48. The lowest BCUT2D eigenvalue weighted by atomic mass is 9.84. The van der Waals surface area contributed by atoms with Crippen LogP contribution in [0.1, 0.15) is 39.4 Å². The number of esters is 1. The monoisotopic (exact) mass is 414 g/mol. The lowest BCUT2D eigenvalue weighted by Crippen LogP contribution is -2.21. The van der Waals surface area contributed by atoms with Crippen LogP contribution in [0.2, 0.25) is 0 Å². The molecule has 0 fully saturated rings. The fourth-order valence-electron chi connectivity index (χ4n) is 4.00. The highest BCUT2D eigenvalue weighted by Gasteiger charge is 2.38. The number of Topliss-reactive ketones (excluding diaryl/α,β-unsaturated/α-hetero) is 1. The number of ether oxygens (including phenoxy) is 3. The zero-order valence-corrected chi connectivity index (χ0v) is 16.6. The van der Waals surface area contributed by atoms with Crippen LogP contribution in [0.4, 0.5) is 0 Å². The Labute approximate surface area is 178 Å². The zero-order chi connectivity index (χ0) is 21.5. The van der Waals surface area contributed by atoms with Crippen LogP contribution in [-0.2, 0) is 4.79 Å². The van der Waals surface area contributed by atoms with E-state index in [0.29, 0.717) is 28.4 Å². The average Bonchev–Trinajstić information content (AvgIpc) is 3.09. The highest BCUT2D eigenvalue weighted by atomic mass is 16.5. The molecule has 5 rings (SSSR count). The first kappa shape index (κ1) is 18.9. The molecule has 6 heteroatoms. The third kappa shape index (κ3) is 3.22. The number of carbonyl (C=O) groups is 2. The van der Waals surface area contributed by atoms with Gasteiger partial charge in [-0.3, -0.25) is 9.59 Å². The second-order valence-corrected chi connectivity index (χ2v) is 7.37. The van der Waals surface area contributed by atoms with Gasteiger partial charge in [-0.25, -0.2) is 0 Å². The van der Waals surface area contributed by atoms with Gasteiger partial charge in [0.15, 0.2) is 17.3 Å². The molecule has 1 N–H and O–H groups in total. The van der Waals surface area contributed by atoms with Crippen LogP contribution in [0.5, 0.6) is 23.0 Å². The molecule has 3 aromatic carbocycles. The number of fused-ring (bicyclic) bond motifs is 3. The number of phenolic OH excluding ortho intramolecular Hbond substituents is 1. The van der Waals surface area contributed by atoms with Gasteiger partial charge in [0.05, 0.1) is 19.1 Å². The summed E-state index contributed by atoms with van der Waals surface area (Å²) in [5, 5.41) is 9.95. The fraction of sp³-hybridized carbons (Fsp3) is 0.120. The van der Waals surface area contributed by atoms with Gasteiger partial charge in [-0.05, 0) is 41.5 Å². The summed E-state index contributed by atoms with van der Waals surface area (Å²) in [4.78, 5) is 25.3. The summed E-state index contributed by atoms with van der Waals surface area (Å²) in [6.07, 6.45) is 1.77. The second kappa shape index (κ2) is 7.32. The zero-order valence-electron chi connectivity index (χ0n) is 16.6. The number of rotatable bonds is 3. The Bertz CT molecular complexity index is 1240. The number of carbonyl (C=O) groups excluding carboxylic acids is 2. The van der Waals surface area contributed by atoms with Crippen molar-refractivity contribution in [2.75, 3.05) is 7.11 Å². The molecule has 31 heavy (non-hydrogen) atoms. The number of ketones is 1. The molecule has 154 valence electrons. The van der Waals surface area contributed by atoms with Gasteiger partial charge in [0.1, 0.15) is 11.5 Å². The van der Waals surface area contributed by atoms with Crippen LogP contribution in [0, 0.1) is 0 Å². The first-order valence-electron chi connectivity index (χ1n) is 9.79. The smallest absolute Gasteiger partial charge is 0.312 e. The number of benzene rings is 3. The Balaban J connectivity index is 1.63. The van der Waals surface area contributed by atoms with E-state index in [4.69, 9.17) is 14.2 Å². The molecule has 1 atom stereocenters. The molecule has 0 unspecified atom stereocenters. The molecule has 0 bridgehead atoms. The maximum atomic E-state index is 13.0. The van der Waals surface area contributed by atoms with Gasteiger partial charge < -0.3 is 19.3 Å². The van der Waals surface area contributed by atoms with E-state index in [1.54, 1.807) is 30.3 Å². The minimum Gasteiger partial charge on any atom is -0.504 e. The van der Waals surface area contributed by atoms with Gasteiger partial charge >= 0.3 is 5.97 Å². The Morgan fingerprint density at radius 1 is 1.03 bits per heavy atom. The van der Waals surface area contributed by atoms with Crippen LogP contribution in [0.15, 0.2) is 66.4 Å². The third-order valence-corrected chi connectivity index (χ3v) is 5.48. The van der Waals surface area contributed by atoms with Gasteiger partial charge in [0, 0.05) is 11.5 Å². The van der Waals surface area contributed by atoms with E-state index in [-0.39, 0.29) is 29.7 Å². The summed E-state index contributed by atoms with van der Waals surface area (Å²) in [6.45, 7) is 0. The molecule has 3 aromatic rings. The maximum absolute atomic E-state index is 13.0. The van der Waals surface area contributed by atoms with Crippen molar-refractivity contribution in [2.24, 2.45) is 0 Å². The summed E-state index contributed by atoms with van der Waals surface area (Å²) in [6, 6.07) is 17.6. The number of methoxy groups -OCH3 is 1. The van der Waals surface area contributed by atoms with Crippen LogP contribution < -0.4 is 14.2 Å². The van der Waals surface area contributed by atoms with Crippen molar-refractivity contribution in [3.8, 4) is 23.0 Å². The molecule has 0 aromatic heterocycles. The summed E-state index contributed by atoms with van der Waals surface area (Å²) in [5.41, 5.74) is 2.65. The molecule has 2 heterocycles. The predicted octanol–water partition coefficient (Wildman–Crippen LogP) is 4.46. The van der Waals surface area contributed by atoms with E-state index >= 15 is 0 Å². The summed E-state index contributed by atoms with van der Waals surface area (Å²) in [5.74, 6) is 0.262. The molecule has 6 nitrogen and oxygen atoms in total. The normalized spacial score (nSPS) is 18.2. The highest BCUT2D eigenvalue weighted by Crippen LogP contribution is 2.49. The quantitative estimate of drug-likeness (QED) is 0.387. The van der Waals surface area contributed by atoms with E-state index in [1.807, 2.05) is 30.3 Å². The molecule has 0 spiro atoms. The van der Waals surface area contributed by atoms with E-state index in [2.05, 4.69) is 0 Å². The maximum Gasteiger partial charge on any atom is 0.312 e. The molecule has 0 radical (unpaired) electrons. The van der Waals surface area contributed by atoms with E-state index in [9.17, 15) is 14.7 Å². The van der Waals surface area contributed by atoms with Gasteiger partial charge in [-0.1, -0.05) is 36.4 Å².